The molecule has 0 heterocycles. The van der Waals surface area contributed by atoms with Crippen LogP contribution in [0.1, 0.15) is 22.5 Å². The van der Waals surface area contributed by atoms with E-state index in [4.69, 9.17) is 2.74 Å². The second-order valence-electron chi connectivity index (χ2n) is 1.39. The van der Waals surface area contributed by atoms with Crippen LogP contribution < -0.4 is 0 Å². The zero-order chi connectivity index (χ0) is 8.91. The maximum Gasteiger partial charge on any atom is 0.306 e. The molecule has 0 amide bonds. The van der Waals surface area contributed by atoms with Crippen LogP contribution in [0.2, 0.25) is 0 Å². The summed E-state index contributed by atoms with van der Waals surface area (Å²) in [6.07, 6.45) is -0.569. The van der Waals surface area contributed by atoms with Gasteiger partial charge in [0.05, 0.1) is 6.61 Å². The van der Waals surface area contributed by atoms with Gasteiger partial charge in [-0.25, -0.2) is 0 Å². The minimum absolute atomic E-state index is 0.00810. The first-order valence-electron chi connectivity index (χ1n) is 3.82. The lowest BCUT2D eigenvalue weighted by molar-refractivity contribution is -0.142. The average molecular weight is 130 g/mol. The second-order valence-corrected chi connectivity index (χ2v) is 1.39. The van der Waals surface area contributed by atoms with Crippen LogP contribution in [0.25, 0.3) is 0 Å². The number of ether oxygens (including phenoxy) is 1. The number of rotatable bonds is 4. The van der Waals surface area contributed by atoms with Crippen molar-refractivity contribution in [1.29, 1.82) is 0 Å². The molecule has 0 rings (SSSR count). The van der Waals surface area contributed by atoms with Crippen molar-refractivity contribution in [2.45, 2.75) is 19.7 Å². The van der Waals surface area contributed by atoms with Gasteiger partial charge in [-0.1, -0.05) is 6.08 Å². The molecule has 0 aromatic rings. The monoisotopic (exact) mass is 130 g/mol. The van der Waals surface area contributed by atoms with E-state index in [-0.39, 0.29) is 13.0 Å². The van der Waals surface area contributed by atoms with Crippen molar-refractivity contribution in [2.75, 3.05) is 6.61 Å². The highest BCUT2D eigenvalue weighted by atomic mass is 16.5. The fraction of sp³-hybridized carbons (Fsp3) is 0.571. The van der Waals surface area contributed by atoms with E-state index in [0.717, 1.165) is 0 Å². The molecule has 0 aromatic heterocycles. The molecule has 52 valence electrons. The van der Waals surface area contributed by atoms with Gasteiger partial charge in [0.2, 0.25) is 0 Å². The Balaban J connectivity index is 4.05. The van der Waals surface area contributed by atoms with E-state index in [2.05, 4.69) is 11.3 Å². The van der Waals surface area contributed by atoms with Gasteiger partial charge in [-0.15, -0.1) is 6.58 Å². The number of carbonyl (C=O) groups excluding carboxylic acids is 1. The molecular weight excluding hydrogens is 116 g/mol. The number of hydrogen-bond acceptors (Lipinski definition) is 2. The number of allylic oxidation sites excluding steroid dienone is 1. The minimum atomic E-state index is -1.92. The van der Waals surface area contributed by atoms with E-state index in [1.807, 2.05) is 0 Å². The van der Waals surface area contributed by atoms with E-state index in [1.54, 1.807) is 6.92 Å². The highest BCUT2D eigenvalue weighted by Gasteiger charge is 1.96. The second kappa shape index (κ2) is 5.35. The lowest BCUT2D eigenvalue weighted by Gasteiger charge is -1.96. The van der Waals surface area contributed by atoms with Gasteiger partial charge >= 0.3 is 5.97 Å². The van der Waals surface area contributed by atoms with Gasteiger partial charge in [0.1, 0.15) is 0 Å². The van der Waals surface area contributed by atoms with Crippen molar-refractivity contribution >= 4 is 5.97 Å². The summed E-state index contributed by atoms with van der Waals surface area (Å²) >= 11 is 0. The molecule has 2 nitrogen and oxygen atoms in total. The molecule has 2 heteroatoms. The smallest absolute Gasteiger partial charge is 0.306 e. The van der Waals surface area contributed by atoms with Crippen LogP contribution in [0, 0.1) is 0 Å². The van der Waals surface area contributed by atoms with E-state index >= 15 is 0 Å². The summed E-state index contributed by atoms with van der Waals surface area (Å²) < 4.78 is 18.8. The van der Waals surface area contributed by atoms with Crippen LogP contribution in [0.5, 0.6) is 0 Å². The van der Waals surface area contributed by atoms with Crippen LogP contribution in [0.4, 0.5) is 0 Å². The maximum absolute atomic E-state index is 10.8. The molecule has 0 radical (unpaired) electrons. The quantitative estimate of drug-likeness (QED) is 0.426. The predicted octanol–water partition coefficient (Wildman–Crippen LogP) is 1.52. The predicted molar refractivity (Wildman–Crippen MR) is 36.1 cm³/mol. The number of hydrogen-bond donors (Lipinski definition) is 0. The largest absolute Gasteiger partial charge is 0.466 e. The molecule has 0 aliphatic carbocycles. The zero-order valence-corrected chi connectivity index (χ0v) is 5.52. The first-order chi connectivity index (χ1) is 5.04. The Kier molecular flexibility index (Phi) is 2.99. The Morgan fingerprint density at radius 3 is 3.11 bits per heavy atom. The van der Waals surface area contributed by atoms with Gasteiger partial charge in [0.25, 0.3) is 0 Å². The fourth-order valence-corrected chi connectivity index (χ4v) is 0.338. The van der Waals surface area contributed by atoms with Gasteiger partial charge < -0.3 is 4.74 Å². The average Bonchev–Trinajstić information content (AvgIpc) is 1.88. The van der Waals surface area contributed by atoms with Crippen LogP contribution in [-0.4, -0.2) is 12.6 Å². The molecule has 0 saturated carbocycles. The van der Waals surface area contributed by atoms with Crippen LogP contribution >= 0.6 is 0 Å². The third kappa shape index (κ3) is 5.07. The molecule has 0 N–H and O–H groups in total. The molecule has 0 unspecified atom stereocenters. The van der Waals surface area contributed by atoms with E-state index < -0.39 is 12.3 Å². The molecule has 0 atom stereocenters. The molecule has 9 heavy (non-hydrogen) atoms. The van der Waals surface area contributed by atoms with Gasteiger partial charge in [0.15, 0.2) is 0 Å². The summed E-state index contributed by atoms with van der Waals surface area (Å²) in [6, 6.07) is 0. The molecule has 0 aromatic carbocycles. The summed E-state index contributed by atoms with van der Waals surface area (Å²) in [4.78, 5) is 10.8. The summed E-state index contributed by atoms with van der Waals surface area (Å²) in [5.74, 6) is -0.820. The third-order valence-electron chi connectivity index (χ3n) is 0.666. The minimum Gasteiger partial charge on any atom is -0.466 e. The molecule has 0 saturated heterocycles. The van der Waals surface area contributed by atoms with Gasteiger partial charge in [0, 0.05) is 9.11 Å². The Labute approximate surface area is 58.3 Å². The van der Waals surface area contributed by atoms with Crippen molar-refractivity contribution in [1.82, 2.24) is 0 Å². The zero-order valence-electron chi connectivity index (χ0n) is 7.52. The molecular formula is C7H12O2. The van der Waals surface area contributed by atoms with Gasteiger partial charge in [-0.05, 0) is 13.3 Å². The van der Waals surface area contributed by atoms with E-state index in [0.29, 0.717) is 0 Å². The Morgan fingerprint density at radius 2 is 2.67 bits per heavy atom. The van der Waals surface area contributed by atoms with E-state index in [9.17, 15) is 4.79 Å². The number of esters is 1. The molecule has 0 bridgehead atoms. The van der Waals surface area contributed by atoms with Gasteiger partial charge in [-0.2, -0.15) is 0 Å². The highest BCUT2D eigenvalue weighted by molar-refractivity contribution is 5.69. The third-order valence-corrected chi connectivity index (χ3v) is 0.666. The van der Waals surface area contributed by atoms with E-state index in [1.165, 1.54) is 6.08 Å². The molecule has 0 spiro atoms. The SMILES string of the molecule is [2H]C([2H])(CC=C)C(=O)OCC. The number of carbonyl (C=O) groups is 1. The standard InChI is InChI=1S/C7H12O2/c1-3-5-6-7(8)9-4-2/h3H,1,4-6H2,2H3/i6D2. The summed E-state index contributed by atoms with van der Waals surface area (Å²) in [5.41, 5.74) is 0. The Morgan fingerprint density at radius 1 is 2.00 bits per heavy atom. The lowest BCUT2D eigenvalue weighted by atomic mass is 10.3. The van der Waals surface area contributed by atoms with Crippen molar-refractivity contribution in [3.05, 3.63) is 12.7 Å². The Hall–Kier alpha value is -0.790. The highest BCUT2D eigenvalue weighted by Crippen LogP contribution is 1.91. The topological polar surface area (TPSA) is 26.3 Å². The van der Waals surface area contributed by atoms with Crippen LogP contribution in [0.3, 0.4) is 0 Å². The summed E-state index contributed by atoms with van der Waals surface area (Å²) in [6.45, 7) is 5.19. The maximum atomic E-state index is 10.8. The van der Waals surface area contributed by atoms with Crippen LogP contribution in [0.15, 0.2) is 12.7 Å². The van der Waals surface area contributed by atoms with Gasteiger partial charge in [-0.3, -0.25) is 4.79 Å². The fourth-order valence-electron chi connectivity index (χ4n) is 0.338. The Bertz CT molecular complexity index is 155. The van der Waals surface area contributed by atoms with Crippen molar-refractivity contribution in [2.24, 2.45) is 0 Å². The lowest BCUT2D eigenvalue weighted by Crippen LogP contribution is -2.02. The molecule has 0 aliphatic rings. The first-order valence-corrected chi connectivity index (χ1v) is 2.82. The summed E-state index contributed by atoms with van der Waals surface area (Å²) in [5, 5.41) is 0. The van der Waals surface area contributed by atoms with Crippen LogP contribution in [-0.2, 0) is 9.53 Å². The molecule has 0 aliphatic heterocycles. The van der Waals surface area contributed by atoms with Crippen molar-refractivity contribution in [3.63, 3.8) is 0 Å². The van der Waals surface area contributed by atoms with Crippen molar-refractivity contribution < 1.29 is 12.3 Å². The molecule has 0 fully saturated rings. The summed E-state index contributed by atoms with van der Waals surface area (Å²) in [7, 11) is 0. The normalized spacial score (nSPS) is 13.4. The van der Waals surface area contributed by atoms with Crippen molar-refractivity contribution in [3.8, 4) is 0 Å². The first kappa shape index (κ1) is 5.03.